The fourth-order valence-corrected chi connectivity index (χ4v) is 2.28. The summed E-state index contributed by atoms with van der Waals surface area (Å²) in [5, 5.41) is 14.6. The summed E-state index contributed by atoms with van der Waals surface area (Å²) in [6.45, 7) is 4.78. The molecule has 1 fully saturated rings. The first-order chi connectivity index (χ1) is 7.56. The minimum atomic E-state index is -0.762. The summed E-state index contributed by atoms with van der Waals surface area (Å²) in [6.07, 6.45) is 3.32. The van der Waals surface area contributed by atoms with Crippen LogP contribution in [0.4, 0.5) is 0 Å². The molecule has 0 aromatic heterocycles. The van der Waals surface area contributed by atoms with Gasteiger partial charge in [-0.15, -0.1) is 0 Å². The van der Waals surface area contributed by atoms with Crippen molar-refractivity contribution in [3.8, 4) is 0 Å². The first-order valence-corrected chi connectivity index (χ1v) is 5.83. The van der Waals surface area contributed by atoms with E-state index < -0.39 is 5.41 Å². The van der Waals surface area contributed by atoms with Gasteiger partial charge in [-0.05, 0) is 25.2 Å². The lowest BCUT2D eigenvalue weighted by atomic mass is 9.61. The monoisotopic (exact) mass is 227 g/mol. The Morgan fingerprint density at radius 2 is 2.25 bits per heavy atom. The average molecular weight is 227 g/mol. The molecule has 0 atom stereocenters. The molecule has 0 bridgehead atoms. The number of amidine groups is 1. The van der Waals surface area contributed by atoms with Crippen LogP contribution in [0.15, 0.2) is 5.16 Å². The lowest BCUT2D eigenvalue weighted by molar-refractivity contribution is -0.133. The van der Waals surface area contributed by atoms with E-state index in [2.05, 4.69) is 24.3 Å². The molecule has 1 saturated carbocycles. The third-order valence-corrected chi connectivity index (χ3v) is 3.24. The maximum absolute atomic E-state index is 12.0. The van der Waals surface area contributed by atoms with Crippen LogP contribution in [0.3, 0.4) is 0 Å². The Labute approximate surface area is 96.1 Å². The third kappa shape index (κ3) is 2.28. The molecule has 0 aliphatic heterocycles. The number of nitrogens with two attached hydrogens (primary N) is 1. The van der Waals surface area contributed by atoms with Crippen LogP contribution in [0.25, 0.3) is 0 Å². The minimum absolute atomic E-state index is 0.0413. The van der Waals surface area contributed by atoms with Gasteiger partial charge in [-0.2, -0.15) is 0 Å². The van der Waals surface area contributed by atoms with Crippen LogP contribution in [0.1, 0.15) is 39.5 Å². The molecule has 0 aromatic carbocycles. The van der Waals surface area contributed by atoms with Gasteiger partial charge < -0.3 is 16.3 Å². The Balaban J connectivity index is 2.61. The summed E-state index contributed by atoms with van der Waals surface area (Å²) in [6, 6.07) is 0. The number of oxime groups is 1. The molecule has 1 amide bonds. The molecule has 5 nitrogen and oxygen atoms in total. The van der Waals surface area contributed by atoms with E-state index in [0.29, 0.717) is 25.3 Å². The van der Waals surface area contributed by atoms with Crippen LogP contribution in [0, 0.1) is 11.3 Å². The van der Waals surface area contributed by atoms with Gasteiger partial charge in [-0.3, -0.25) is 4.79 Å². The summed E-state index contributed by atoms with van der Waals surface area (Å²) in [5.74, 6) is 0.395. The van der Waals surface area contributed by atoms with Crippen molar-refractivity contribution >= 4 is 11.7 Å². The van der Waals surface area contributed by atoms with E-state index in [1.165, 1.54) is 0 Å². The Bertz CT molecular complexity index is 283. The number of carbonyl (C=O) groups excluding carboxylic acids is 1. The SMILES string of the molecule is CCCCNC(=O)C1(C(N)=NO)CC(C)C1. The minimum Gasteiger partial charge on any atom is -0.409 e. The fraction of sp³-hybridized carbons (Fsp3) is 0.818. The van der Waals surface area contributed by atoms with Crippen LogP contribution < -0.4 is 11.1 Å². The molecule has 5 heteroatoms. The summed E-state index contributed by atoms with van der Waals surface area (Å²) in [5.41, 5.74) is 4.86. The predicted molar refractivity (Wildman–Crippen MR) is 62.2 cm³/mol. The number of unbranched alkanes of at least 4 members (excludes halogenated alkanes) is 1. The second-order valence-corrected chi connectivity index (χ2v) is 4.69. The van der Waals surface area contributed by atoms with Gasteiger partial charge in [0, 0.05) is 6.54 Å². The van der Waals surface area contributed by atoms with Gasteiger partial charge >= 0.3 is 0 Å². The maximum Gasteiger partial charge on any atom is 0.233 e. The highest BCUT2D eigenvalue weighted by atomic mass is 16.4. The van der Waals surface area contributed by atoms with Crippen LogP contribution in [0.2, 0.25) is 0 Å². The van der Waals surface area contributed by atoms with Crippen molar-refractivity contribution in [3.05, 3.63) is 0 Å². The van der Waals surface area contributed by atoms with E-state index in [9.17, 15) is 4.79 Å². The van der Waals surface area contributed by atoms with Gasteiger partial charge in [0.05, 0.1) is 0 Å². The Hall–Kier alpha value is -1.26. The first-order valence-electron chi connectivity index (χ1n) is 5.83. The molecule has 92 valence electrons. The Kier molecular flexibility index (Phi) is 4.15. The lowest BCUT2D eigenvalue weighted by Crippen LogP contribution is -2.56. The summed E-state index contributed by atoms with van der Waals surface area (Å²) in [4.78, 5) is 12.0. The molecular formula is C11H21N3O2. The molecule has 4 N–H and O–H groups in total. The summed E-state index contributed by atoms with van der Waals surface area (Å²) >= 11 is 0. The van der Waals surface area contributed by atoms with Gasteiger partial charge in [0.25, 0.3) is 0 Å². The lowest BCUT2D eigenvalue weighted by Gasteiger charge is -2.43. The van der Waals surface area contributed by atoms with Crippen LogP contribution >= 0.6 is 0 Å². The highest BCUT2D eigenvalue weighted by Gasteiger charge is 2.51. The average Bonchev–Trinajstić information content (AvgIpc) is 2.23. The molecule has 0 heterocycles. The van der Waals surface area contributed by atoms with Crippen molar-refractivity contribution in [2.75, 3.05) is 6.54 Å². The van der Waals surface area contributed by atoms with E-state index in [4.69, 9.17) is 10.9 Å². The largest absolute Gasteiger partial charge is 0.409 e. The summed E-state index contributed by atoms with van der Waals surface area (Å²) < 4.78 is 0. The van der Waals surface area contributed by atoms with E-state index in [1.54, 1.807) is 0 Å². The number of carbonyl (C=O) groups is 1. The highest BCUT2D eigenvalue weighted by molar-refractivity contribution is 6.07. The maximum atomic E-state index is 12.0. The van der Waals surface area contributed by atoms with Gasteiger partial charge in [0.1, 0.15) is 5.41 Å². The second-order valence-electron chi connectivity index (χ2n) is 4.69. The molecule has 0 aromatic rings. The number of amides is 1. The topological polar surface area (TPSA) is 87.7 Å². The molecular weight excluding hydrogens is 206 g/mol. The van der Waals surface area contributed by atoms with Crippen LogP contribution in [-0.2, 0) is 4.79 Å². The van der Waals surface area contributed by atoms with E-state index in [0.717, 1.165) is 12.8 Å². The zero-order valence-electron chi connectivity index (χ0n) is 9.99. The Morgan fingerprint density at radius 1 is 1.62 bits per heavy atom. The van der Waals surface area contributed by atoms with Crippen molar-refractivity contribution < 1.29 is 10.0 Å². The van der Waals surface area contributed by atoms with E-state index >= 15 is 0 Å². The quantitative estimate of drug-likeness (QED) is 0.216. The molecule has 1 aliphatic carbocycles. The van der Waals surface area contributed by atoms with Gasteiger partial charge in [-0.1, -0.05) is 25.4 Å². The predicted octanol–water partition coefficient (Wildman–Crippen LogP) is 1.07. The first kappa shape index (κ1) is 12.8. The van der Waals surface area contributed by atoms with Crippen LogP contribution in [-0.4, -0.2) is 23.5 Å². The smallest absolute Gasteiger partial charge is 0.233 e. The van der Waals surface area contributed by atoms with Gasteiger partial charge in [0.15, 0.2) is 5.84 Å². The van der Waals surface area contributed by atoms with Gasteiger partial charge in [-0.25, -0.2) is 0 Å². The number of hydrogen-bond donors (Lipinski definition) is 3. The van der Waals surface area contributed by atoms with Crippen molar-refractivity contribution in [2.24, 2.45) is 22.2 Å². The molecule has 0 unspecified atom stereocenters. The van der Waals surface area contributed by atoms with Crippen LogP contribution in [0.5, 0.6) is 0 Å². The molecule has 1 aliphatic rings. The molecule has 0 spiro atoms. The zero-order chi connectivity index (χ0) is 12.2. The van der Waals surface area contributed by atoms with Crippen molar-refractivity contribution in [1.29, 1.82) is 0 Å². The molecule has 0 saturated heterocycles. The highest BCUT2D eigenvalue weighted by Crippen LogP contribution is 2.45. The van der Waals surface area contributed by atoms with Crippen molar-refractivity contribution in [2.45, 2.75) is 39.5 Å². The van der Waals surface area contributed by atoms with Crippen molar-refractivity contribution in [1.82, 2.24) is 5.32 Å². The number of nitrogens with zero attached hydrogens (tertiary/aromatic N) is 1. The number of hydrogen-bond acceptors (Lipinski definition) is 3. The van der Waals surface area contributed by atoms with Gasteiger partial charge in [0.2, 0.25) is 5.91 Å². The third-order valence-electron chi connectivity index (χ3n) is 3.24. The standard InChI is InChI=1S/C11H21N3O2/c1-3-4-5-13-10(15)11(9(12)14-16)6-8(2)7-11/h8,16H,3-7H2,1-2H3,(H2,12,14)(H,13,15). The molecule has 16 heavy (non-hydrogen) atoms. The molecule has 1 rings (SSSR count). The number of rotatable bonds is 5. The normalized spacial score (nSPS) is 29.6. The van der Waals surface area contributed by atoms with Crippen molar-refractivity contribution in [3.63, 3.8) is 0 Å². The summed E-state index contributed by atoms with van der Waals surface area (Å²) in [7, 11) is 0. The fourth-order valence-electron chi connectivity index (χ4n) is 2.28. The number of nitrogens with one attached hydrogen (secondary N) is 1. The van der Waals surface area contributed by atoms with E-state index in [1.807, 2.05) is 0 Å². The second kappa shape index (κ2) is 5.18. The zero-order valence-corrected chi connectivity index (χ0v) is 9.99. The Morgan fingerprint density at radius 3 is 2.69 bits per heavy atom. The molecule has 0 radical (unpaired) electrons. The van der Waals surface area contributed by atoms with E-state index in [-0.39, 0.29) is 11.7 Å².